The summed E-state index contributed by atoms with van der Waals surface area (Å²) in [6, 6.07) is 43.0. The van der Waals surface area contributed by atoms with Gasteiger partial charge in [0, 0.05) is 17.4 Å². The molecule has 42 heavy (non-hydrogen) atoms. The van der Waals surface area contributed by atoms with Crippen LogP contribution in [0, 0.1) is 0 Å². The molecule has 5 heteroatoms. The van der Waals surface area contributed by atoms with E-state index in [1.54, 1.807) is 0 Å². The first-order chi connectivity index (χ1) is 20.6. The van der Waals surface area contributed by atoms with Gasteiger partial charge in [0.05, 0.1) is 7.11 Å². The van der Waals surface area contributed by atoms with Crippen LogP contribution in [0.4, 0.5) is 0 Å². The van der Waals surface area contributed by atoms with E-state index in [-0.39, 0.29) is 0 Å². The third-order valence-electron chi connectivity index (χ3n) is 7.35. The lowest BCUT2D eigenvalue weighted by molar-refractivity contribution is -0.148. The van der Waals surface area contributed by atoms with E-state index in [9.17, 15) is 9.90 Å². The van der Waals surface area contributed by atoms with E-state index in [4.69, 9.17) is 13.9 Å². The van der Waals surface area contributed by atoms with Crippen molar-refractivity contribution in [3.05, 3.63) is 150 Å². The van der Waals surface area contributed by atoms with Crippen LogP contribution >= 0.6 is 0 Å². The van der Waals surface area contributed by atoms with Crippen LogP contribution in [-0.4, -0.2) is 24.3 Å². The highest BCUT2D eigenvalue weighted by Gasteiger charge is 2.24. The van der Waals surface area contributed by atoms with Crippen molar-refractivity contribution in [1.29, 1.82) is 0 Å². The van der Waals surface area contributed by atoms with Crippen LogP contribution in [0.25, 0.3) is 33.2 Å². The molecule has 0 saturated carbocycles. The van der Waals surface area contributed by atoms with Crippen LogP contribution in [-0.2, 0) is 16.0 Å². The van der Waals surface area contributed by atoms with E-state index in [1.807, 2.05) is 121 Å². The standard InChI is InChI=1S/C37H30O5/c1-40-37(39)33(24-25-10-4-2-5-11-25)41-30-22-20-27(21-23-30)26-16-18-28(19-17-26)34-31-14-8-9-15-32(31)42-36(34)35(38)29-12-6-3-7-13-29/h2-23,33,35,38H,24H2,1H3/t33-,35?/m1/s1. The molecule has 0 radical (unpaired) electrons. The molecule has 5 nitrogen and oxygen atoms in total. The Labute approximate surface area is 244 Å². The monoisotopic (exact) mass is 554 g/mol. The second-order valence-electron chi connectivity index (χ2n) is 10.1. The molecule has 0 bridgehead atoms. The number of para-hydroxylation sites is 1. The fourth-order valence-electron chi connectivity index (χ4n) is 5.19. The van der Waals surface area contributed by atoms with Crippen molar-refractivity contribution in [3.63, 3.8) is 0 Å². The second-order valence-corrected chi connectivity index (χ2v) is 10.1. The number of aliphatic hydroxyl groups excluding tert-OH is 1. The number of rotatable bonds is 9. The molecular weight excluding hydrogens is 524 g/mol. The predicted octanol–water partition coefficient (Wildman–Crippen LogP) is 8.01. The number of aliphatic hydroxyl groups is 1. The molecule has 1 heterocycles. The summed E-state index contributed by atoms with van der Waals surface area (Å²) in [6.07, 6.45) is -1.22. The normalized spacial score (nSPS) is 12.5. The highest BCUT2D eigenvalue weighted by molar-refractivity contribution is 5.96. The third-order valence-corrected chi connectivity index (χ3v) is 7.35. The molecule has 0 fully saturated rings. The minimum absolute atomic E-state index is 0.415. The first-order valence-electron chi connectivity index (χ1n) is 13.8. The SMILES string of the molecule is COC(=O)[C@@H](Cc1ccccc1)Oc1ccc(-c2ccc(-c3c(C(O)c4ccccc4)oc4ccccc34)cc2)cc1. The zero-order chi connectivity index (χ0) is 28.9. The number of hydrogen-bond donors (Lipinski definition) is 1. The lowest BCUT2D eigenvalue weighted by Gasteiger charge is -2.17. The fourth-order valence-corrected chi connectivity index (χ4v) is 5.19. The molecule has 6 aromatic rings. The number of methoxy groups -OCH3 is 1. The number of hydrogen-bond acceptors (Lipinski definition) is 5. The molecule has 6 rings (SSSR count). The Morgan fingerprint density at radius 2 is 1.29 bits per heavy atom. The topological polar surface area (TPSA) is 68.9 Å². The molecule has 5 aromatic carbocycles. The Balaban J connectivity index is 1.25. The number of fused-ring (bicyclic) bond motifs is 1. The average Bonchev–Trinajstić information content (AvgIpc) is 3.45. The third kappa shape index (κ3) is 5.69. The van der Waals surface area contributed by atoms with E-state index in [2.05, 4.69) is 12.1 Å². The average molecular weight is 555 g/mol. The van der Waals surface area contributed by atoms with Crippen LogP contribution < -0.4 is 4.74 Å². The predicted molar refractivity (Wildman–Crippen MR) is 164 cm³/mol. The summed E-state index contributed by atoms with van der Waals surface area (Å²) >= 11 is 0. The quantitative estimate of drug-likeness (QED) is 0.183. The molecule has 0 spiro atoms. The number of carbonyl (C=O) groups is 1. The van der Waals surface area contributed by atoms with Crippen LogP contribution in [0.5, 0.6) is 5.75 Å². The minimum Gasteiger partial charge on any atom is -0.478 e. The number of carbonyl (C=O) groups excluding carboxylic acids is 1. The minimum atomic E-state index is -0.892. The number of esters is 1. The van der Waals surface area contributed by atoms with Gasteiger partial charge in [-0.2, -0.15) is 0 Å². The summed E-state index contributed by atoms with van der Waals surface area (Å²) in [5.74, 6) is 0.695. The molecule has 0 saturated heterocycles. The highest BCUT2D eigenvalue weighted by atomic mass is 16.6. The largest absolute Gasteiger partial charge is 0.478 e. The Hall–Kier alpha value is -5.13. The summed E-state index contributed by atoms with van der Waals surface area (Å²) in [5, 5.41) is 12.2. The van der Waals surface area contributed by atoms with E-state index in [0.29, 0.717) is 17.9 Å². The highest BCUT2D eigenvalue weighted by Crippen LogP contribution is 2.40. The fraction of sp³-hybridized carbons (Fsp3) is 0.108. The summed E-state index contributed by atoms with van der Waals surface area (Å²) in [7, 11) is 1.37. The lowest BCUT2D eigenvalue weighted by atomic mass is 9.95. The van der Waals surface area contributed by atoms with Gasteiger partial charge in [-0.1, -0.05) is 115 Å². The van der Waals surface area contributed by atoms with Gasteiger partial charge in [0.1, 0.15) is 23.2 Å². The smallest absolute Gasteiger partial charge is 0.347 e. The maximum Gasteiger partial charge on any atom is 0.347 e. The van der Waals surface area contributed by atoms with E-state index >= 15 is 0 Å². The van der Waals surface area contributed by atoms with Gasteiger partial charge in [-0.25, -0.2) is 4.79 Å². The van der Waals surface area contributed by atoms with Crippen molar-refractivity contribution in [2.45, 2.75) is 18.6 Å². The zero-order valence-electron chi connectivity index (χ0n) is 23.1. The molecule has 0 aliphatic rings. The number of ether oxygens (including phenoxy) is 2. The molecule has 1 unspecified atom stereocenters. The molecule has 2 atom stereocenters. The van der Waals surface area contributed by atoms with Crippen LogP contribution in [0.1, 0.15) is 23.0 Å². The molecule has 208 valence electrons. The number of benzene rings is 5. The van der Waals surface area contributed by atoms with Crippen molar-refractivity contribution in [3.8, 4) is 28.0 Å². The zero-order valence-corrected chi connectivity index (χ0v) is 23.1. The van der Waals surface area contributed by atoms with Gasteiger partial charge in [-0.15, -0.1) is 0 Å². The maximum atomic E-state index is 12.4. The summed E-state index contributed by atoms with van der Waals surface area (Å²) in [6.45, 7) is 0. The van der Waals surface area contributed by atoms with E-state index in [0.717, 1.165) is 44.3 Å². The maximum absolute atomic E-state index is 12.4. The molecule has 1 aromatic heterocycles. The summed E-state index contributed by atoms with van der Waals surface area (Å²) in [5.41, 5.74) is 6.37. The molecule has 0 aliphatic heterocycles. The van der Waals surface area contributed by atoms with Gasteiger partial charge in [0.2, 0.25) is 0 Å². The second kappa shape index (κ2) is 12.2. The van der Waals surface area contributed by atoms with Gasteiger partial charge in [0.15, 0.2) is 6.10 Å². The van der Waals surface area contributed by atoms with Crippen molar-refractivity contribution in [2.24, 2.45) is 0 Å². The van der Waals surface area contributed by atoms with Crippen molar-refractivity contribution in [1.82, 2.24) is 0 Å². The molecule has 0 amide bonds. The summed E-state index contributed by atoms with van der Waals surface area (Å²) in [4.78, 5) is 12.4. The first kappa shape index (κ1) is 27.1. The van der Waals surface area contributed by atoms with Crippen molar-refractivity contribution < 1.29 is 23.8 Å². The van der Waals surface area contributed by atoms with Crippen LogP contribution in [0.2, 0.25) is 0 Å². The van der Waals surface area contributed by atoms with Crippen molar-refractivity contribution >= 4 is 16.9 Å². The number of furan rings is 1. The Morgan fingerprint density at radius 3 is 1.95 bits per heavy atom. The van der Waals surface area contributed by atoms with Crippen LogP contribution in [0.3, 0.4) is 0 Å². The van der Waals surface area contributed by atoms with Gasteiger partial charge in [0.25, 0.3) is 0 Å². The van der Waals surface area contributed by atoms with E-state index in [1.165, 1.54) is 7.11 Å². The van der Waals surface area contributed by atoms with E-state index < -0.39 is 18.2 Å². The molecule has 0 aliphatic carbocycles. The van der Waals surface area contributed by atoms with Gasteiger partial charge in [-0.05, 0) is 46.0 Å². The van der Waals surface area contributed by atoms with Crippen molar-refractivity contribution in [2.75, 3.05) is 7.11 Å². The summed E-state index contributed by atoms with van der Waals surface area (Å²) < 4.78 is 17.2. The first-order valence-corrected chi connectivity index (χ1v) is 13.8. The van der Waals surface area contributed by atoms with Gasteiger partial charge < -0.3 is 19.0 Å². The Morgan fingerprint density at radius 1 is 0.714 bits per heavy atom. The lowest BCUT2D eigenvalue weighted by Crippen LogP contribution is -2.30. The molecule has 1 N–H and O–H groups in total. The Bertz CT molecular complexity index is 1770. The van der Waals surface area contributed by atoms with Gasteiger partial charge in [-0.3, -0.25) is 0 Å². The molecular formula is C37H30O5. The Kier molecular flexibility index (Phi) is 7.84. The van der Waals surface area contributed by atoms with Gasteiger partial charge >= 0.3 is 5.97 Å². The van der Waals surface area contributed by atoms with Crippen LogP contribution in [0.15, 0.2) is 138 Å².